The van der Waals surface area contributed by atoms with Crippen molar-refractivity contribution in [1.82, 2.24) is 9.80 Å². The molecular weight excluding hydrogens is 302 g/mol. The lowest BCUT2D eigenvalue weighted by molar-refractivity contribution is 0.0766. The van der Waals surface area contributed by atoms with Crippen molar-refractivity contribution >= 4 is 11.7 Å². The fourth-order valence-corrected chi connectivity index (χ4v) is 3.23. The Bertz CT molecular complexity index is 542. The molecule has 5 nitrogen and oxygen atoms in total. The van der Waals surface area contributed by atoms with Gasteiger partial charge in [0.2, 0.25) is 0 Å². The summed E-state index contributed by atoms with van der Waals surface area (Å²) >= 11 is 0. The Balaban J connectivity index is 1.98. The first kappa shape index (κ1) is 18.7. The Hall–Kier alpha value is -1.59. The van der Waals surface area contributed by atoms with E-state index in [1.807, 2.05) is 23.1 Å². The molecule has 1 aromatic carbocycles. The van der Waals surface area contributed by atoms with Crippen molar-refractivity contribution in [1.29, 1.82) is 0 Å². The van der Waals surface area contributed by atoms with Gasteiger partial charge < -0.3 is 15.3 Å². The van der Waals surface area contributed by atoms with Crippen LogP contribution in [0.1, 0.15) is 39.7 Å². The van der Waals surface area contributed by atoms with E-state index in [1.165, 1.54) is 0 Å². The molecule has 5 heteroatoms. The monoisotopic (exact) mass is 333 g/mol. The molecule has 24 heavy (non-hydrogen) atoms. The van der Waals surface area contributed by atoms with Crippen molar-refractivity contribution in [3.63, 3.8) is 0 Å². The normalized spacial score (nSPS) is 17.6. The molecule has 1 saturated heterocycles. The van der Waals surface area contributed by atoms with Crippen LogP contribution in [0, 0.1) is 0 Å². The second kappa shape index (κ2) is 7.99. The van der Waals surface area contributed by atoms with Gasteiger partial charge in [-0.2, -0.15) is 0 Å². The Morgan fingerprint density at radius 3 is 2.38 bits per heavy atom. The molecule has 0 aliphatic carbocycles. The van der Waals surface area contributed by atoms with E-state index in [0.717, 1.165) is 30.8 Å². The molecule has 1 unspecified atom stereocenters. The standard InChI is InChI=1S/C19H31N3O2/c1-5-15(14-23)21-10-12-22(13-11-21)18(24)20-17-9-7-6-8-16(17)19(2,3)4/h6-9,15,23H,5,10-14H2,1-4H3,(H,20,24). The first-order chi connectivity index (χ1) is 11.4. The first-order valence-electron chi connectivity index (χ1n) is 8.87. The van der Waals surface area contributed by atoms with Crippen LogP contribution in [0.2, 0.25) is 0 Å². The van der Waals surface area contributed by atoms with Crippen molar-refractivity contribution in [3.8, 4) is 0 Å². The van der Waals surface area contributed by atoms with Crippen LogP contribution in [-0.2, 0) is 5.41 Å². The third-order valence-electron chi connectivity index (χ3n) is 4.78. The number of carbonyl (C=O) groups excluding carboxylic acids is 1. The van der Waals surface area contributed by atoms with Gasteiger partial charge in [0.05, 0.1) is 6.61 Å². The molecule has 0 spiro atoms. The topological polar surface area (TPSA) is 55.8 Å². The van der Waals surface area contributed by atoms with Gasteiger partial charge in [-0.25, -0.2) is 4.79 Å². The van der Waals surface area contributed by atoms with Gasteiger partial charge in [0, 0.05) is 37.9 Å². The highest BCUT2D eigenvalue weighted by atomic mass is 16.3. The molecule has 1 aliphatic rings. The minimum absolute atomic E-state index is 0.0158. The number of anilines is 1. The molecule has 0 saturated carbocycles. The van der Waals surface area contributed by atoms with Crippen molar-refractivity contribution < 1.29 is 9.90 Å². The molecule has 1 heterocycles. The zero-order valence-electron chi connectivity index (χ0n) is 15.4. The number of nitrogens with zero attached hydrogens (tertiary/aromatic N) is 2. The lowest BCUT2D eigenvalue weighted by Gasteiger charge is -2.38. The van der Waals surface area contributed by atoms with Gasteiger partial charge in [-0.15, -0.1) is 0 Å². The van der Waals surface area contributed by atoms with Crippen molar-refractivity contribution in [2.24, 2.45) is 0 Å². The van der Waals surface area contributed by atoms with E-state index in [9.17, 15) is 9.90 Å². The summed E-state index contributed by atoms with van der Waals surface area (Å²) in [6.07, 6.45) is 0.932. The molecule has 1 aliphatic heterocycles. The molecule has 134 valence electrons. The van der Waals surface area contributed by atoms with E-state index < -0.39 is 0 Å². The summed E-state index contributed by atoms with van der Waals surface area (Å²) in [5, 5.41) is 12.5. The number of para-hydroxylation sites is 1. The van der Waals surface area contributed by atoms with Crippen molar-refractivity contribution in [3.05, 3.63) is 29.8 Å². The molecule has 0 bridgehead atoms. The van der Waals surface area contributed by atoms with Gasteiger partial charge in [-0.1, -0.05) is 45.9 Å². The number of aliphatic hydroxyl groups excluding tert-OH is 1. The molecule has 1 aromatic rings. The maximum absolute atomic E-state index is 12.6. The van der Waals surface area contributed by atoms with E-state index in [-0.39, 0.29) is 24.1 Å². The average molecular weight is 333 g/mol. The summed E-state index contributed by atoms with van der Waals surface area (Å²) in [6.45, 7) is 11.7. The molecule has 0 aromatic heterocycles. The lowest BCUT2D eigenvalue weighted by Crippen LogP contribution is -2.53. The van der Waals surface area contributed by atoms with E-state index in [1.54, 1.807) is 0 Å². The number of carbonyl (C=O) groups is 1. The number of urea groups is 1. The average Bonchev–Trinajstić information content (AvgIpc) is 2.56. The van der Waals surface area contributed by atoms with Crippen molar-refractivity contribution in [2.75, 3.05) is 38.1 Å². The van der Waals surface area contributed by atoms with Crippen LogP contribution in [0.3, 0.4) is 0 Å². The number of hydrogen-bond donors (Lipinski definition) is 2. The maximum Gasteiger partial charge on any atom is 0.321 e. The maximum atomic E-state index is 12.6. The van der Waals surface area contributed by atoms with E-state index in [2.05, 4.69) is 44.0 Å². The minimum Gasteiger partial charge on any atom is -0.395 e. The highest BCUT2D eigenvalue weighted by Crippen LogP contribution is 2.29. The molecule has 2 N–H and O–H groups in total. The number of hydrogen-bond acceptors (Lipinski definition) is 3. The van der Waals surface area contributed by atoms with Crippen LogP contribution < -0.4 is 5.32 Å². The van der Waals surface area contributed by atoms with E-state index in [0.29, 0.717) is 13.1 Å². The lowest BCUT2D eigenvalue weighted by atomic mass is 9.86. The fraction of sp³-hybridized carbons (Fsp3) is 0.632. The molecule has 1 fully saturated rings. The van der Waals surface area contributed by atoms with Crippen LogP contribution in [0.4, 0.5) is 10.5 Å². The van der Waals surface area contributed by atoms with Crippen LogP contribution >= 0.6 is 0 Å². The van der Waals surface area contributed by atoms with Gasteiger partial charge in [0.15, 0.2) is 0 Å². The number of benzene rings is 1. The number of piperazine rings is 1. The Kier molecular flexibility index (Phi) is 6.24. The molecule has 1 atom stereocenters. The molecular formula is C19H31N3O2. The largest absolute Gasteiger partial charge is 0.395 e. The highest BCUT2D eigenvalue weighted by molar-refractivity contribution is 5.90. The van der Waals surface area contributed by atoms with Gasteiger partial charge >= 0.3 is 6.03 Å². The van der Waals surface area contributed by atoms with E-state index in [4.69, 9.17) is 0 Å². The third-order valence-corrected chi connectivity index (χ3v) is 4.78. The second-order valence-corrected chi connectivity index (χ2v) is 7.49. The summed E-state index contributed by atoms with van der Waals surface area (Å²) < 4.78 is 0. The van der Waals surface area contributed by atoms with Gasteiger partial charge in [-0.05, 0) is 23.5 Å². The quantitative estimate of drug-likeness (QED) is 0.891. The van der Waals surface area contributed by atoms with E-state index >= 15 is 0 Å². The van der Waals surface area contributed by atoms with Gasteiger partial charge in [0.25, 0.3) is 0 Å². The first-order valence-corrected chi connectivity index (χ1v) is 8.87. The van der Waals surface area contributed by atoms with Gasteiger partial charge in [-0.3, -0.25) is 4.90 Å². The predicted molar refractivity (Wildman–Crippen MR) is 98.5 cm³/mol. The summed E-state index contributed by atoms with van der Waals surface area (Å²) in [7, 11) is 0. The van der Waals surface area contributed by atoms with Crippen molar-refractivity contribution in [2.45, 2.75) is 45.6 Å². The number of rotatable bonds is 4. The van der Waals surface area contributed by atoms with Crippen LogP contribution in [-0.4, -0.2) is 59.8 Å². The fourth-order valence-electron chi connectivity index (χ4n) is 3.23. The molecule has 2 amide bonds. The SMILES string of the molecule is CCC(CO)N1CCN(C(=O)Nc2ccccc2C(C)(C)C)CC1. The molecule has 0 radical (unpaired) electrons. The predicted octanol–water partition coefficient (Wildman–Crippen LogP) is 2.90. The Morgan fingerprint density at radius 2 is 1.83 bits per heavy atom. The zero-order chi connectivity index (χ0) is 17.7. The summed E-state index contributed by atoms with van der Waals surface area (Å²) in [4.78, 5) is 16.7. The number of aliphatic hydroxyl groups is 1. The Morgan fingerprint density at radius 1 is 1.21 bits per heavy atom. The Labute approximate surface area is 145 Å². The number of nitrogens with one attached hydrogen (secondary N) is 1. The van der Waals surface area contributed by atoms with Crippen LogP contribution in [0.25, 0.3) is 0 Å². The zero-order valence-corrected chi connectivity index (χ0v) is 15.4. The highest BCUT2D eigenvalue weighted by Gasteiger charge is 2.26. The summed E-state index contributed by atoms with van der Waals surface area (Å²) in [5.74, 6) is 0. The second-order valence-electron chi connectivity index (χ2n) is 7.49. The third kappa shape index (κ3) is 4.48. The summed E-state index contributed by atoms with van der Waals surface area (Å²) in [6, 6.07) is 8.17. The minimum atomic E-state index is -0.0385. The number of amides is 2. The summed E-state index contributed by atoms with van der Waals surface area (Å²) in [5.41, 5.74) is 2.01. The van der Waals surface area contributed by atoms with Crippen LogP contribution in [0.5, 0.6) is 0 Å². The van der Waals surface area contributed by atoms with Crippen LogP contribution in [0.15, 0.2) is 24.3 Å². The molecule has 2 rings (SSSR count). The van der Waals surface area contributed by atoms with Gasteiger partial charge in [0.1, 0.15) is 0 Å². The smallest absolute Gasteiger partial charge is 0.321 e.